The molecule has 0 bridgehead atoms. The van der Waals surface area contributed by atoms with Crippen molar-refractivity contribution in [2.45, 2.75) is 32.1 Å². The lowest BCUT2D eigenvalue weighted by molar-refractivity contribution is -0.0390. The molecule has 200 valence electrons. The van der Waals surface area contributed by atoms with Gasteiger partial charge in [-0.3, -0.25) is 0 Å². The summed E-state index contributed by atoms with van der Waals surface area (Å²) in [7, 11) is 1.62. The molecule has 1 atom stereocenters. The van der Waals surface area contributed by atoms with Crippen molar-refractivity contribution < 1.29 is 19.3 Å². The maximum atomic E-state index is 10.5. The molecule has 2 aromatic heterocycles. The number of fused-ring (bicyclic) bond motifs is 2. The molecule has 6 rings (SSSR count). The first-order valence-corrected chi connectivity index (χ1v) is 13.4. The number of methoxy groups -OCH3 is 1. The first kappa shape index (κ1) is 25.6. The number of halogens is 2. The number of benzene rings is 3. The number of hydrogen-bond donors (Lipinski definition) is 2. The summed E-state index contributed by atoms with van der Waals surface area (Å²) in [5.74, 6) is 0.931. The zero-order valence-electron chi connectivity index (χ0n) is 21.2. The number of phenolic OH excluding ortho intramolecular Hbond substituents is 1. The van der Waals surface area contributed by atoms with Crippen molar-refractivity contribution in [2.24, 2.45) is 0 Å². The predicted octanol–water partition coefficient (Wildman–Crippen LogP) is 7.13. The monoisotopic (exact) mass is 564 g/mol. The smallest absolute Gasteiger partial charge is 0.238 e. The fourth-order valence-electron chi connectivity index (χ4n) is 4.93. The number of nitrogen functional groups attached to an aromatic ring is 1. The molecule has 39 heavy (non-hydrogen) atoms. The Labute approximate surface area is 234 Å². The Hall–Kier alpha value is -3.72. The van der Waals surface area contributed by atoms with Gasteiger partial charge in [-0.25, -0.2) is 9.67 Å². The van der Waals surface area contributed by atoms with Crippen LogP contribution in [0.2, 0.25) is 10.0 Å². The lowest BCUT2D eigenvalue weighted by atomic mass is 9.96. The number of phenols is 1. The van der Waals surface area contributed by atoms with E-state index in [1.165, 1.54) is 0 Å². The molecule has 0 saturated carbocycles. The van der Waals surface area contributed by atoms with Crippen LogP contribution >= 0.6 is 23.2 Å². The van der Waals surface area contributed by atoms with Gasteiger partial charge in [0.1, 0.15) is 35.5 Å². The van der Waals surface area contributed by atoms with Crippen LogP contribution in [-0.4, -0.2) is 33.6 Å². The molecule has 10 heteroatoms. The van der Waals surface area contributed by atoms with Crippen LogP contribution in [0.15, 0.2) is 54.7 Å². The second-order valence-corrected chi connectivity index (χ2v) is 10.3. The van der Waals surface area contributed by atoms with Gasteiger partial charge in [0.2, 0.25) is 5.88 Å². The largest absolute Gasteiger partial charge is 0.506 e. The molecule has 1 saturated heterocycles. The third kappa shape index (κ3) is 4.80. The minimum Gasteiger partial charge on any atom is -0.506 e. The van der Waals surface area contributed by atoms with E-state index in [-0.39, 0.29) is 29.5 Å². The average molecular weight is 565 g/mol. The molecule has 0 amide bonds. The normalized spacial score (nSPS) is 15.6. The summed E-state index contributed by atoms with van der Waals surface area (Å²) in [5, 5.41) is 17.4. The zero-order valence-corrected chi connectivity index (χ0v) is 22.7. The second-order valence-electron chi connectivity index (χ2n) is 9.45. The van der Waals surface area contributed by atoms with Gasteiger partial charge in [-0.2, -0.15) is 5.10 Å². The predicted molar refractivity (Wildman–Crippen MR) is 153 cm³/mol. The lowest BCUT2D eigenvalue weighted by Gasteiger charge is -2.22. The molecule has 0 aliphatic carbocycles. The summed E-state index contributed by atoms with van der Waals surface area (Å²) in [5.41, 5.74) is 10.6. The van der Waals surface area contributed by atoms with Gasteiger partial charge in [-0.1, -0.05) is 41.4 Å². The van der Waals surface area contributed by atoms with E-state index in [2.05, 4.69) is 4.98 Å². The average Bonchev–Trinajstić information content (AvgIpc) is 3.41. The van der Waals surface area contributed by atoms with E-state index < -0.39 is 0 Å². The van der Waals surface area contributed by atoms with Crippen LogP contribution in [0, 0.1) is 0 Å². The number of ether oxygens (including phenoxy) is 3. The summed E-state index contributed by atoms with van der Waals surface area (Å²) in [6.07, 6.45) is 4.75. The van der Waals surface area contributed by atoms with Crippen molar-refractivity contribution in [3.8, 4) is 28.5 Å². The molecule has 5 aromatic rings. The summed E-state index contributed by atoms with van der Waals surface area (Å²) in [6.45, 7) is 0.934. The minimum absolute atomic E-state index is 0.0740. The van der Waals surface area contributed by atoms with Gasteiger partial charge in [0.05, 0.1) is 22.7 Å². The maximum Gasteiger partial charge on any atom is 0.238 e. The van der Waals surface area contributed by atoms with Crippen molar-refractivity contribution in [3.63, 3.8) is 0 Å². The van der Waals surface area contributed by atoms with E-state index in [4.69, 9.17) is 48.2 Å². The van der Waals surface area contributed by atoms with E-state index in [9.17, 15) is 5.11 Å². The van der Waals surface area contributed by atoms with Gasteiger partial charge in [-0.05, 0) is 60.7 Å². The number of aromatic nitrogens is 3. The molecule has 0 spiro atoms. The Bertz CT molecular complexity index is 1680. The molecule has 3 aromatic carbocycles. The van der Waals surface area contributed by atoms with Crippen LogP contribution in [0.25, 0.3) is 32.9 Å². The van der Waals surface area contributed by atoms with Crippen molar-refractivity contribution in [2.75, 3.05) is 19.5 Å². The van der Waals surface area contributed by atoms with E-state index in [0.717, 1.165) is 41.5 Å². The van der Waals surface area contributed by atoms with Gasteiger partial charge in [0, 0.05) is 29.1 Å². The quantitative estimate of drug-likeness (QED) is 0.226. The third-order valence-corrected chi connectivity index (χ3v) is 7.56. The minimum atomic E-state index is -0.159. The van der Waals surface area contributed by atoms with Gasteiger partial charge < -0.3 is 25.1 Å². The van der Waals surface area contributed by atoms with Crippen LogP contribution < -0.4 is 15.2 Å². The van der Waals surface area contributed by atoms with E-state index >= 15 is 0 Å². The van der Waals surface area contributed by atoms with Gasteiger partial charge in [-0.15, -0.1) is 0 Å². The Morgan fingerprint density at radius 3 is 2.64 bits per heavy atom. The standard InChI is InChI=1S/C29H26Cl2N4O4/c1-37-17-7-5-16(6-8-17)15-39-29-27(32)26(19-12-24(36)22(31)13-23(19)33-29)18-9-10-21(30)28-20(18)14-35(34-28)25-4-2-3-11-38-25/h5-10,12-14,25,36H,2-4,11,15,32H2,1H3. The number of nitrogens with two attached hydrogens (primary N) is 1. The Kier molecular flexibility index (Phi) is 6.85. The second kappa shape index (κ2) is 10.4. The topological polar surface area (TPSA) is 105 Å². The van der Waals surface area contributed by atoms with Gasteiger partial charge >= 0.3 is 0 Å². The number of pyridine rings is 1. The first-order valence-electron chi connectivity index (χ1n) is 12.6. The molecule has 1 fully saturated rings. The summed E-state index contributed by atoms with van der Waals surface area (Å²) in [6, 6.07) is 14.4. The fraction of sp³-hybridized carbons (Fsp3) is 0.241. The van der Waals surface area contributed by atoms with Crippen molar-refractivity contribution in [3.05, 3.63) is 70.3 Å². The van der Waals surface area contributed by atoms with Crippen molar-refractivity contribution in [1.82, 2.24) is 14.8 Å². The Morgan fingerprint density at radius 1 is 1.08 bits per heavy atom. The molecule has 1 unspecified atom stereocenters. The number of aromatic hydroxyl groups is 1. The number of hydrogen-bond acceptors (Lipinski definition) is 7. The van der Waals surface area contributed by atoms with Crippen LogP contribution in [0.3, 0.4) is 0 Å². The third-order valence-electron chi connectivity index (χ3n) is 6.96. The van der Waals surface area contributed by atoms with E-state index in [0.29, 0.717) is 39.3 Å². The summed E-state index contributed by atoms with van der Waals surface area (Å²) < 4.78 is 19.1. The zero-order chi connectivity index (χ0) is 27.1. The Morgan fingerprint density at radius 2 is 1.90 bits per heavy atom. The van der Waals surface area contributed by atoms with Crippen molar-refractivity contribution in [1.29, 1.82) is 0 Å². The number of rotatable bonds is 6. The van der Waals surface area contributed by atoms with Gasteiger partial charge in [0.25, 0.3) is 0 Å². The Balaban J connectivity index is 1.50. The highest BCUT2D eigenvalue weighted by Crippen LogP contribution is 2.45. The van der Waals surface area contributed by atoms with Crippen LogP contribution in [0.4, 0.5) is 5.69 Å². The molecule has 0 radical (unpaired) electrons. The van der Waals surface area contributed by atoms with Crippen LogP contribution in [0.1, 0.15) is 31.1 Å². The summed E-state index contributed by atoms with van der Waals surface area (Å²) in [4.78, 5) is 4.65. The van der Waals surface area contributed by atoms with Crippen LogP contribution in [0.5, 0.6) is 17.4 Å². The first-order chi connectivity index (χ1) is 18.9. The highest BCUT2D eigenvalue weighted by atomic mass is 35.5. The molecule has 1 aliphatic heterocycles. The maximum absolute atomic E-state index is 10.5. The van der Waals surface area contributed by atoms with Crippen LogP contribution in [-0.2, 0) is 11.3 Å². The highest BCUT2D eigenvalue weighted by molar-refractivity contribution is 6.36. The molecular weight excluding hydrogens is 539 g/mol. The molecular formula is C29H26Cl2N4O4. The highest BCUT2D eigenvalue weighted by Gasteiger charge is 2.23. The molecule has 8 nitrogen and oxygen atoms in total. The fourth-order valence-corrected chi connectivity index (χ4v) is 5.29. The molecule has 3 heterocycles. The van der Waals surface area contributed by atoms with Crippen molar-refractivity contribution >= 4 is 50.7 Å². The molecule has 1 aliphatic rings. The lowest BCUT2D eigenvalue weighted by Crippen LogP contribution is -2.18. The number of anilines is 1. The van der Waals surface area contributed by atoms with E-state index in [1.807, 2.05) is 41.2 Å². The number of nitrogens with zero attached hydrogens (tertiary/aromatic N) is 3. The summed E-state index contributed by atoms with van der Waals surface area (Å²) >= 11 is 12.9. The van der Waals surface area contributed by atoms with E-state index in [1.54, 1.807) is 25.3 Å². The SMILES string of the molecule is COc1ccc(COc2nc3cc(Cl)c(O)cc3c(-c3ccc(Cl)c4nn(C5CCCCO5)cc34)c2N)cc1. The molecule has 3 N–H and O–H groups in total. The van der Waals surface area contributed by atoms with Gasteiger partial charge in [0.15, 0.2) is 0 Å².